The highest BCUT2D eigenvalue weighted by molar-refractivity contribution is 7.14. The van der Waals surface area contributed by atoms with Crippen LogP contribution in [-0.4, -0.2) is 21.9 Å². The molecule has 2 aromatic rings. The van der Waals surface area contributed by atoms with E-state index in [1.807, 2.05) is 58.9 Å². The third kappa shape index (κ3) is 4.53. The number of carbonyl (C=O) groups is 1. The van der Waals surface area contributed by atoms with Gasteiger partial charge in [0.05, 0.1) is 6.04 Å². The lowest BCUT2D eigenvalue weighted by Gasteiger charge is -2.22. The molecule has 0 saturated heterocycles. The lowest BCUT2D eigenvalue weighted by Crippen LogP contribution is -2.34. The average Bonchev–Trinajstić information content (AvgIpc) is 2.83. The molecule has 22 heavy (non-hydrogen) atoms. The number of nitrogens with zero attached hydrogens (tertiary/aromatic N) is 2. The minimum Gasteiger partial charge on any atom is -0.444 e. The summed E-state index contributed by atoms with van der Waals surface area (Å²) in [6, 6.07) is 7.81. The van der Waals surface area contributed by atoms with Crippen LogP contribution in [0, 0.1) is 6.92 Å². The van der Waals surface area contributed by atoms with Crippen molar-refractivity contribution in [1.82, 2.24) is 15.5 Å². The van der Waals surface area contributed by atoms with E-state index in [2.05, 4.69) is 15.5 Å². The van der Waals surface area contributed by atoms with E-state index in [9.17, 15) is 4.79 Å². The number of amides is 1. The molecule has 2 rings (SSSR count). The fraction of sp³-hybridized carbons (Fsp3) is 0.438. The lowest BCUT2D eigenvalue weighted by atomic mass is 10.1. The molecule has 0 aliphatic heterocycles. The number of benzene rings is 1. The molecule has 0 saturated carbocycles. The van der Waals surface area contributed by atoms with Gasteiger partial charge in [-0.3, -0.25) is 0 Å². The minimum absolute atomic E-state index is 0.125. The highest BCUT2D eigenvalue weighted by Gasteiger charge is 2.18. The van der Waals surface area contributed by atoms with E-state index < -0.39 is 11.7 Å². The van der Waals surface area contributed by atoms with Crippen molar-refractivity contribution >= 4 is 17.4 Å². The van der Waals surface area contributed by atoms with Crippen molar-refractivity contribution < 1.29 is 9.53 Å². The summed E-state index contributed by atoms with van der Waals surface area (Å²) in [6.07, 6.45) is -0.413. The number of aromatic nitrogens is 2. The van der Waals surface area contributed by atoms with E-state index in [4.69, 9.17) is 4.74 Å². The van der Waals surface area contributed by atoms with E-state index in [-0.39, 0.29) is 6.04 Å². The van der Waals surface area contributed by atoms with Gasteiger partial charge >= 0.3 is 6.09 Å². The summed E-state index contributed by atoms with van der Waals surface area (Å²) in [6.45, 7) is 9.39. The van der Waals surface area contributed by atoms with Gasteiger partial charge in [-0.15, -0.1) is 10.2 Å². The van der Waals surface area contributed by atoms with Gasteiger partial charge in [0.1, 0.15) is 15.6 Å². The van der Waals surface area contributed by atoms with Crippen LogP contribution in [0.2, 0.25) is 0 Å². The average molecular weight is 319 g/mol. The summed E-state index contributed by atoms with van der Waals surface area (Å²) in [7, 11) is 0. The third-order valence-electron chi connectivity index (χ3n) is 2.92. The minimum atomic E-state index is -0.497. The summed E-state index contributed by atoms with van der Waals surface area (Å²) in [5.41, 5.74) is 1.54. The number of alkyl carbamates (subject to hydrolysis) is 1. The predicted octanol–water partition coefficient (Wildman–Crippen LogP) is 4.10. The van der Waals surface area contributed by atoms with Crippen molar-refractivity contribution in [3.63, 3.8) is 0 Å². The Labute approximate surface area is 134 Å². The second-order valence-electron chi connectivity index (χ2n) is 6.12. The topological polar surface area (TPSA) is 64.1 Å². The fourth-order valence-corrected chi connectivity index (χ4v) is 2.59. The van der Waals surface area contributed by atoms with Crippen molar-refractivity contribution in [3.8, 4) is 10.6 Å². The number of nitrogens with one attached hydrogen (secondary N) is 1. The van der Waals surface area contributed by atoms with Gasteiger partial charge in [-0.2, -0.15) is 0 Å². The highest BCUT2D eigenvalue weighted by atomic mass is 32.1. The van der Waals surface area contributed by atoms with Gasteiger partial charge in [0.25, 0.3) is 0 Å². The summed E-state index contributed by atoms with van der Waals surface area (Å²) in [5, 5.41) is 12.8. The Morgan fingerprint density at radius 2 is 1.86 bits per heavy atom. The number of rotatable bonds is 3. The van der Waals surface area contributed by atoms with Crippen molar-refractivity contribution in [2.75, 3.05) is 0 Å². The third-order valence-corrected chi connectivity index (χ3v) is 3.80. The van der Waals surface area contributed by atoms with Gasteiger partial charge in [0.15, 0.2) is 0 Å². The Morgan fingerprint density at radius 3 is 2.36 bits per heavy atom. The van der Waals surface area contributed by atoms with Crippen LogP contribution in [-0.2, 0) is 4.74 Å². The van der Waals surface area contributed by atoms with Gasteiger partial charge < -0.3 is 10.1 Å². The van der Waals surface area contributed by atoms with Crippen LogP contribution in [0.15, 0.2) is 24.3 Å². The maximum atomic E-state index is 11.8. The summed E-state index contributed by atoms with van der Waals surface area (Å²) in [5.74, 6) is 0. The fourth-order valence-electron chi connectivity index (χ4n) is 1.90. The number of aryl methyl sites for hydroxylation is 1. The molecular formula is C16H21N3O2S. The second-order valence-corrected chi connectivity index (χ2v) is 7.30. The van der Waals surface area contributed by atoms with Crippen molar-refractivity contribution in [3.05, 3.63) is 34.8 Å². The van der Waals surface area contributed by atoms with E-state index >= 15 is 0 Å². The van der Waals surface area contributed by atoms with Crippen LogP contribution < -0.4 is 5.32 Å². The maximum Gasteiger partial charge on any atom is 0.408 e. The molecular weight excluding hydrogens is 298 g/mol. The molecule has 1 amide bonds. The quantitative estimate of drug-likeness (QED) is 0.925. The molecule has 0 bridgehead atoms. The SMILES string of the molecule is Cc1nnc(-c2ccc([C@@H](C)NC(=O)OC(C)(C)C)cc2)s1. The first-order valence-electron chi connectivity index (χ1n) is 7.14. The summed E-state index contributed by atoms with van der Waals surface area (Å²) >= 11 is 1.56. The first-order valence-corrected chi connectivity index (χ1v) is 7.96. The largest absolute Gasteiger partial charge is 0.444 e. The van der Waals surface area contributed by atoms with Crippen molar-refractivity contribution in [1.29, 1.82) is 0 Å². The summed E-state index contributed by atoms with van der Waals surface area (Å²) < 4.78 is 5.26. The molecule has 1 N–H and O–H groups in total. The first-order chi connectivity index (χ1) is 10.2. The Bertz CT molecular complexity index is 644. The first kappa shape index (κ1) is 16.4. The van der Waals surface area contributed by atoms with Crippen LogP contribution in [0.1, 0.15) is 44.3 Å². The molecule has 0 spiro atoms. The number of ether oxygens (including phenoxy) is 1. The van der Waals surface area contributed by atoms with E-state index in [0.717, 1.165) is 21.1 Å². The van der Waals surface area contributed by atoms with Gasteiger partial charge in [-0.25, -0.2) is 4.79 Å². The second kappa shape index (κ2) is 6.44. The number of hydrogen-bond acceptors (Lipinski definition) is 5. The van der Waals surface area contributed by atoms with Crippen LogP contribution in [0.4, 0.5) is 4.79 Å². The van der Waals surface area contributed by atoms with Crippen molar-refractivity contribution in [2.24, 2.45) is 0 Å². The zero-order valence-electron chi connectivity index (χ0n) is 13.5. The lowest BCUT2D eigenvalue weighted by molar-refractivity contribution is 0.0508. The molecule has 118 valence electrons. The molecule has 0 aliphatic carbocycles. The smallest absolute Gasteiger partial charge is 0.408 e. The van der Waals surface area contributed by atoms with E-state index in [1.165, 1.54) is 0 Å². The van der Waals surface area contributed by atoms with Crippen LogP contribution in [0.3, 0.4) is 0 Å². The monoisotopic (exact) mass is 319 g/mol. The highest BCUT2D eigenvalue weighted by Crippen LogP contribution is 2.24. The van der Waals surface area contributed by atoms with Crippen LogP contribution in [0.5, 0.6) is 0 Å². The van der Waals surface area contributed by atoms with Crippen LogP contribution >= 0.6 is 11.3 Å². The predicted molar refractivity (Wildman–Crippen MR) is 87.9 cm³/mol. The van der Waals surface area contributed by atoms with Gasteiger partial charge in [-0.1, -0.05) is 35.6 Å². The Kier molecular flexibility index (Phi) is 4.81. The molecule has 0 radical (unpaired) electrons. The van der Waals surface area contributed by atoms with E-state index in [1.54, 1.807) is 11.3 Å². The Hall–Kier alpha value is -1.95. The zero-order chi connectivity index (χ0) is 16.3. The Balaban J connectivity index is 2.02. The molecule has 0 unspecified atom stereocenters. The number of carbonyl (C=O) groups excluding carboxylic acids is 1. The van der Waals surface area contributed by atoms with Crippen molar-refractivity contribution in [2.45, 2.75) is 46.3 Å². The molecule has 5 nitrogen and oxygen atoms in total. The van der Waals surface area contributed by atoms with Gasteiger partial charge in [0.2, 0.25) is 0 Å². The molecule has 0 fully saturated rings. The van der Waals surface area contributed by atoms with Gasteiger partial charge in [0, 0.05) is 5.56 Å². The normalized spacial score (nSPS) is 12.8. The number of hydrogen-bond donors (Lipinski definition) is 1. The molecule has 1 aromatic carbocycles. The summed E-state index contributed by atoms with van der Waals surface area (Å²) in [4.78, 5) is 11.8. The zero-order valence-corrected chi connectivity index (χ0v) is 14.3. The molecule has 6 heteroatoms. The van der Waals surface area contributed by atoms with E-state index in [0.29, 0.717) is 0 Å². The molecule has 1 heterocycles. The Morgan fingerprint density at radius 1 is 1.23 bits per heavy atom. The molecule has 1 aromatic heterocycles. The molecule has 0 aliphatic rings. The standard InChI is InChI=1S/C16H21N3O2S/c1-10(17-15(20)21-16(3,4)5)12-6-8-13(9-7-12)14-19-18-11(2)22-14/h6-10H,1-5H3,(H,17,20)/t10-/m1/s1. The van der Waals surface area contributed by atoms with Crippen LogP contribution in [0.25, 0.3) is 10.6 Å². The maximum absolute atomic E-state index is 11.8. The van der Waals surface area contributed by atoms with Gasteiger partial charge in [-0.05, 0) is 40.2 Å². The molecule has 1 atom stereocenters.